The Balaban J connectivity index is 0.000000317. The van der Waals surface area contributed by atoms with Gasteiger partial charge in [-0.2, -0.15) is 0 Å². The molecule has 2 aromatic rings. The number of carboxylic acid groups (broad SMARTS) is 1. The van der Waals surface area contributed by atoms with Crippen LogP contribution in [0.3, 0.4) is 0 Å². The van der Waals surface area contributed by atoms with Gasteiger partial charge in [-0.1, -0.05) is 12.1 Å². The summed E-state index contributed by atoms with van der Waals surface area (Å²) in [5, 5.41) is 18.7. The van der Waals surface area contributed by atoms with Crippen LogP contribution in [0.15, 0.2) is 36.4 Å². The highest BCUT2D eigenvalue weighted by Gasteiger charge is 1.96. The summed E-state index contributed by atoms with van der Waals surface area (Å²) in [6.07, 6.45) is 0. The molecule has 0 unspecified atom stereocenters. The van der Waals surface area contributed by atoms with E-state index in [9.17, 15) is 5.11 Å². The summed E-state index contributed by atoms with van der Waals surface area (Å²) < 4.78 is 5.09. The SMILES string of the molecule is CC(=O)O.COc1ccc2cc(O)ccc2c1. The highest BCUT2D eigenvalue weighted by molar-refractivity contribution is 5.85. The van der Waals surface area contributed by atoms with Crippen molar-refractivity contribution < 1.29 is 19.7 Å². The fraction of sp³-hybridized carbons (Fsp3) is 0.154. The van der Waals surface area contributed by atoms with Crippen LogP contribution in [0.2, 0.25) is 0 Å². The zero-order chi connectivity index (χ0) is 12.8. The molecule has 0 heterocycles. The minimum Gasteiger partial charge on any atom is -0.508 e. The molecular weight excluding hydrogens is 220 g/mol. The number of methoxy groups -OCH3 is 1. The van der Waals surface area contributed by atoms with Crippen LogP contribution in [0.25, 0.3) is 10.8 Å². The van der Waals surface area contributed by atoms with E-state index in [1.165, 1.54) is 0 Å². The van der Waals surface area contributed by atoms with Crippen LogP contribution < -0.4 is 4.74 Å². The third-order valence-electron chi connectivity index (χ3n) is 2.03. The fourth-order valence-electron chi connectivity index (χ4n) is 1.34. The second kappa shape index (κ2) is 5.75. The monoisotopic (exact) mass is 234 g/mol. The number of ether oxygens (including phenoxy) is 1. The van der Waals surface area contributed by atoms with Crippen LogP contribution in [-0.4, -0.2) is 23.3 Å². The molecule has 2 rings (SSSR count). The lowest BCUT2D eigenvalue weighted by Gasteiger charge is -2.02. The summed E-state index contributed by atoms with van der Waals surface area (Å²) in [6.45, 7) is 1.08. The Morgan fingerprint density at radius 3 is 2.24 bits per heavy atom. The lowest BCUT2D eigenvalue weighted by atomic mass is 10.1. The predicted octanol–water partition coefficient (Wildman–Crippen LogP) is 2.64. The van der Waals surface area contributed by atoms with E-state index >= 15 is 0 Å². The molecule has 2 aromatic carbocycles. The molecule has 0 bridgehead atoms. The van der Waals surface area contributed by atoms with E-state index in [2.05, 4.69) is 0 Å². The van der Waals surface area contributed by atoms with E-state index in [1.807, 2.05) is 24.3 Å². The van der Waals surface area contributed by atoms with Gasteiger partial charge in [-0.3, -0.25) is 4.79 Å². The summed E-state index contributed by atoms with van der Waals surface area (Å²) in [7, 11) is 1.64. The van der Waals surface area contributed by atoms with Crippen LogP contribution in [-0.2, 0) is 4.79 Å². The Bertz CT molecular complexity index is 516. The smallest absolute Gasteiger partial charge is 0.300 e. The average molecular weight is 234 g/mol. The first-order valence-corrected chi connectivity index (χ1v) is 4.99. The molecule has 0 saturated heterocycles. The van der Waals surface area contributed by atoms with Crippen LogP contribution >= 0.6 is 0 Å². The molecule has 0 saturated carbocycles. The molecule has 4 heteroatoms. The Morgan fingerprint density at radius 2 is 1.65 bits per heavy atom. The Hall–Kier alpha value is -2.23. The first-order valence-electron chi connectivity index (χ1n) is 4.99. The van der Waals surface area contributed by atoms with E-state index in [1.54, 1.807) is 19.2 Å². The molecule has 0 radical (unpaired) electrons. The first-order chi connectivity index (χ1) is 8.02. The predicted molar refractivity (Wildman–Crippen MR) is 65.5 cm³/mol. The van der Waals surface area contributed by atoms with Crippen LogP contribution in [0, 0.1) is 0 Å². The number of carboxylic acids is 1. The second-order valence-corrected chi connectivity index (χ2v) is 3.42. The van der Waals surface area contributed by atoms with Crippen LogP contribution in [0.4, 0.5) is 0 Å². The van der Waals surface area contributed by atoms with Gasteiger partial charge in [-0.25, -0.2) is 0 Å². The maximum absolute atomic E-state index is 9.23. The molecule has 2 N–H and O–H groups in total. The number of phenolic OH excluding ortho intramolecular Hbond substituents is 1. The summed E-state index contributed by atoms with van der Waals surface area (Å²) in [5.74, 6) is 0.288. The summed E-state index contributed by atoms with van der Waals surface area (Å²) in [6, 6.07) is 11.0. The van der Waals surface area contributed by atoms with Crippen LogP contribution in [0.5, 0.6) is 11.5 Å². The van der Waals surface area contributed by atoms with E-state index in [0.29, 0.717) is 0 Å². The van der Waals surface area contributed by atoms with E-state index in [-0.39, 0.29) is 5.75 Å². The number of phenols is 1. The summed E-state index contributed by atoms with van der Waals surface area (Å²) in [5.41, 5.74) is 0. The minimum atomic E-state index is -0.833. The fourth-order valence-corrected chi connectivity index (χ4v) is 1.34. The van der Waals surface area contributed by atoms with E-state index in [4.69, 9.17) is 14.6 Å². The Labute approximate surface area is 99.1 Å². The number of aliphatic carboxylic acids is 1. The Kier molecular flexibility index (Phi) is 4.34. The van der Waals surface area contributed by atoms with Gasteiger partial charge in [0, 0.05) is 6.92 Å². The third-order valence-corrected chi connectivity index (χ3v) is 2.03. The molecule has 4 nitrogen and oxygen atoms in total. The van der Waals surface area contributed by atoms with Crippen molar-refractivity contribution in [1.29, 1.82) is 0 Å². The largest absolute Gasteiger partial charge is 0.508 e. The van der Waals surface area contributed by atoms with Gasteiger partial charge in [-0.15, -0.1) is 0 Å². The molecule has 0 atom stereocenters. The maximum atomic E-state index is 9.23. The zero-order valence-corrected chi connectivity index (χ0v) is 9.68. The van der Waals surface area contributed by atoms with Crippen molar-refractivity contribution >= 4 is 16.7 Å². The molecule has 90 valence electrons. The molecule has 0 aromatic heterocycles. The van der Waals surface area contributed by atoms with Gasteiger partial charge in [0.1, 0.15) is 11.5 Å². The highest BCUT2D eigenvalue weighted by atomic mass is 16.5. The molecular formula is C13H14O4. The number of hydrogen-bond acceptors (Lipinski definition) is 3. The van der Waals surface area contributed by atoms with Gasteiger partial charge in [0.2, 0.25) is 0 Å². The minimum absolute atomic E-state index is 0.290. The summed E-state index contributed by atoms with van der Waals surface area (Å²) in [4.78, 5) is 9.00. The molecule has 0 aliphatic heterocycles. The van der Waals surface area contributed by atoms with Gasteiger partial charge >= 0.3 is 0 Å². The molecule has 0 amide bonds. The van der Waals surface area contributed by atoms with Crippen molar-refractivity contribution in [3.05, 3.63) is 36.4 Å². The lowest BCUT2D eigenvalue weighted by molar-refractivity contribution is -0.134. The van der Waals surface area contributed by atoms with Gasteiger partial charge < -0.3 is 14.9 Å². The maximum Gasteiger partial charge on any atom is 0.300 e. The summed E-state index contributed by atoms with van der Waals surface area (Å²) >= 11 is 0. The van der Waals surface area contributed by atoms with Crippen molar-refractivity contribution in [3.8, 4) is 11.5 Å². The van der Waals surface area contributed by atoms with Crippen molar-refractivity contribution in [1.82, 2.24) is 0 Å². The normalized spacial score (nSPS) is 9.29. The lowest BCUT2D eigenvalue weighted by Crippen LogP contribution is -1.81. The van der Waals surface area contributed by atoms with Gasteiger partial charge in [0.15, 0.2) is 0 Å². The number of rotatable bonds is 1. The van der Waals surface area contributed by atoms with Crippen molar-refractivity contribution in [2.45, 2.75) is 6.92 Å². The number of fused-ring (bicyclic) bond motifs is 1. The van der Waals surface area contributed by atoms with Crippen molar-refractivity contribution in [2.75, 3.05) is 7.11 Å². The topological polar surface area (TPSA) is 66.8 Å². The number of benzene rings is 2. The molecule has 17 heavy (non-hydrogen) atoms. The van der Waals surface area contributed by atoms with Crippen LogP contribution in [0.1, 0.15) is 6.92 Å². The number of hydrogen-bond donors (Lipinski definition) is 2. The van der Waals surface area contributed by atoms with Crippen molar-refractivity contribution in [3.63, 3.8) is 0 Å². The molecule has 0 spiro atoms. The first kappa shape index (κ1) is 12.8. The zero-order valence-electron chi connectivity index (χ0n) is 9.68. The standard InChI is InChI=1S/C11H10O2.C2H4O2/c1-13-11-5-3-8-6-10(12)4-2-9(8)7-11;1-2(3)4/h2-7,12H,1H3;1H3,(H,3,4). The number of aromatic hydroxyl groups is 1. The van der Waals surface area contributed by atoms with E-state index in [0.717, 1.165) is 23.4 Å². The quantitative estimate of drug-likeness (QED) is 0.796. The molecule has 0 aliphatic carbocycles. The van der Waals surface area contributed by atoms with Gasteiger partial charge in [0.05, 0.1) is 7.11 Å². The third kappa shape index (κ3) is 4.03. The molecule has 0 aliphatic rings. The van der Waals surface area contributed by atoms with E-state index < -0.39 is 5.97 Å². The Morgan fingerprint density at radius 1 is 1.12 bits per heavy atom. The highest BCUT2D eigenvalue weighted by Crippen LogP contribution is 2.23. The number of carbonyl (C=O) groups is 1. The average Bonchev–Trinajstić information content (AvgIpc) is 2.27. The second-order valence-electron chi connectivity index (χ2n) is 3.42. The van der Waals surface area contributed by atoms with Gasteiger partial charge in [-0.05, 0) is 35.0 Å². The van der Waals surface area contributed by atoms with Gasteiger partial charge in [0.25, 0.3) is 5.97 Å². The van der Waals surface area contributed by atoms with Crippen molar-refractivity contribution in [2.24, 2.45) is 0 Å². The molecule has 0 fully saturated rings.